The highest BCUT2D eigenvalue weighted by molar-refractivity contribution is 9.10. The summed E-state index contributed by atoms with van der Waals surface area (Å²) in [6.45, 7) is 5.41. The molecular weight excluding hydrogens is 304 g/mol. The molecule has 1 fully saturated rings. The number of nitrogens with zero attached hydrogens (tertiary/aromatic N) is 3. The molecule has 1 aromatic rings. The van der Waals surface area contributed by atoms with Crippen LogP contribution in [0.2, 0.25) is 0 Å². The highest BCUT2D eigenvalue weighted by Gasteiger charge is 2.46. The molecule has 1 N–H and O–H groups in total. The molecule has 1 aliphatic carbocycles. The second-order valence-electron chi connectivity index (χ2n) is 6.05. The van der Waals surface area contributed by atoms with Gasteiger partial charge in [-0.2, -0.15) is 0 Å². The molecule has 1 aromatic heterocycles. The lowest BCUT2D eigenvalue weighted by atomic mass is 10.2. The van der Waals surface area contributed by atoms with Crippen molar-refractivity contribution in [2.24, 2.45) is 17.5 Å². The molecule has 0 aromatic carbocycles. The van der Waals surface area contributed by atoms with E-state index in [9.17, 15) is 0 Å². The van der Waals surface area contributed by atoms with Crippen LogP contribution in [-0.4, -0.2) is 35.6 Å². The van der Waals surface area contributed by atoms with Crippen molar-refractivity contribution in [2.45, 2.75) is 32.9 Å². The van der Waals surface area contributed by atoms with E-state index < -0.39 is 0 Å². The minimum absolute atomic E-state index is 0.408. The summed E-state index contributed by atoms with van der Waals surface area (Å²) in [5.41, 5.74) is 1.66. The van der Waals surface area contributed by atoms with Crippen molar-refractivity contribution in [3.8, 4) is 0 Å². The average Bonchev–Trinajstić information content (AvgIpc) is 2.78. The van der Waals surface area contributed by atoms with Gasteiger partial charge in [0.25, 0.3) is 0 Å². The third-order valence-electron chi connectivity index (χ3n) is 3.86. The van der Waals surface area contributed by atoms with Crippen LogP contribution in [0.15, 0.2) is 21.7 Å². The number of halogens is 1. The van der Waals surface area contributed by atoms with Gasteiger partial charge in [-0.3, -0.25) is 4.99 Å². The number of nitrogens with one attached hydrogen (secondary N) is 1. The fraction of sp³-hybridized carbons (Fsp3) is 0.643. The van der Waals surface area contributed by atoms with Gasteiger partial charge in [-0.15, -0.1) is 0 Å². The summed E-state index contributed by atoms with van der Waals surface area (Å²) in [6, 6.07) is 2.69. The topological polar surface area (TPSA) is 32.6 Å². The number of hydrogen-bond donors (Lipinski definition) is 1. The van der Waals surface area contributed by atoms with Crippen LogP contribution in [-0.2, 0) is 13.6 Å². The van der Waals surface area contributed by atoms with E-state index in [1.165, 1.54) is 12.1 Å². The van der Waals surface area contributed by atoms with Crippen molar-refractivity contribution in [3.63, 3.8) is 0 Å². The van der Waals surface area contributed by atoms with Crippen molar-refractivity contribution in [2.75, 3.05) is 14.1 Å². The van der Waals surface area contributed by atoms with E-state index in [1.807, 2.05) is 7.05 Å². The number of rotatable bonds is 3. The highest BCUT2D eigenvalue weighted by atomic mass is 79.9. The number of hydrogen-bond acceptors (Lipinski definition) is 1. The summed E-state index contributed by atoms with van der Waals surface area (Å²) < 4.78 is 3.25. The van der Waals surface area contributed by atoms with Crippen molar-refractivity contribution in [1.29, 1.82) is 0 Å². The Balaban J connectivity index is 1.98. The number of aryl methyl sites for hydroxylation is 1. The minimum Gasteiger partial charge on any atom is -0.353 e. The lowest BCUT2D eigenvalue weighted by molar-refractivity contribution is 0.454. The normalized spacial score (nSPS) is 21.4. The van der Waals surface area contributed by atoms with Gasteiger partial charge in [0.1, 0.15) is 0 Å². The lowest BCUT2D eigenvalue weighted by Gasteiger charge is -2.23. The van der Waals surface area contributed by atoms with Crippen molar-refractivity contribution >= 4 is 21.9 Å². The summed E-state index contributed by atoms with van der Waals surface area (Å²) in [6.07, 6.45) is 3.29. The Bertz CT molecular complexity index is 490. The molecule has 4 nitrogen and oxygen atoms in total. The van der Waals surface area contributed by atoms with Crippen LogP contribution < -0.4 is 5.32 Å². The average molecular weight is 327 g/mol. The zero-order valence-corrected chi connectivity index (χ0v) is 14.0. The molecule has 106 valence electrons. The molecule has 1 atom stereocenters. The second-order valence-corrected chi connectivity index (χ2v) is 6.97. The van der Waals surface area contributed by atoms with Crippen molar-refractivity contribution in [3.05, 3.63) is 22.4 Å². The van der Waals surface area contributed by atoms with Crippen LogP contribution in [0.4, 0.5) is 0 Å². The summed E-state index contributed by atoms with van der Waals surface area (Å²) in [5.74, 6) is 0.966. The number of guanidine groups is 1. The molecule has 0 spiro atoms. The Labute approximate surface area is 124 Å². The second kappa shape index (κ2) is 5.19. The summed E-state index contributed by atoms with van der Waals surface area (Å²) in [4.78, 5) is 6.54. The van der Waals surface area contributed by atoms with E-state index in [4.69, 9.17) is 0 Å². The van der Waals surface area contributed by atoms with Gasteiger partial charge in [0.05, 0.1) is 6.54 Å². The summed E-state index contributed by atoms with van der Waals surface area (Å²) >= 11 is 3.51. The standard InChI is InChI=1S/C14H23BrN4/c1-14(2)7-12(14)17-13(16-3)19(5)9-11-6-10(15)8-18(11)4/h6,8,12H,7,9H2,1-5H3,(H,16,17). The smallest absolute Gasteiger partial charge is 0.193 e. The Morgan fingerprint density at radius 1 is 1.63 bits per heavy atom. The molecule has 19 heavy (non-hydrogen) atoms. The van der Waals surface area contributed by atoms with Gasteiger partial charge in [0, 0.05) is 43.5 Å². The Kier molecular flexibility index (Phi) is 3.95. The van der Waals surface area contributed by atoms with E-state index in [-0.39, 0.29) is 0 Å². The largest absolute Gasteiger partial charge is 0.353 e. The monoisotopic (exact) mass is 326 g/mol. The first-order chi connectivity index (χ1) is 8.83. The molecule has 0 bridgehead atoms. The Morgan fingerprint density at radius 3 is 2.68 bits per heavy atom. The first kappa shape index (κ1) is 14.4. The third-order valence-corrected chi connectivity index (χ3v) is 4.30. The summed E-state index contributed by atoms with van der Waals surface area (Å²) in [5, 5.41) is 3.53. The van der Waals surface area contributed by atoms with Gasteiger partial charge in [0.2, 0.25) is 0 Å². The molecule has 0 radical (unpaired) electrons. The quantitative estimate of drug-likeness (QED) is 0.684. The van der Waals surface area contributed by atoms with Crippen LogP contribution in [0.25, 0.3) is 0 Å². The van der Waals surface area contributed by atoms with Gasteiger partial charge >= 0.3 is 0 Å². The highest BCUT2D eigenvalue weighted by Crippen LogP contribution is 2.44. The van der Waals surface area contributed by atoms with Crippen molar-refractivity contribution in [1.82, 2.24) is 14.8 Å². The zero-order valence-electron chi connectivity index (χ0n) is 12.4. The molecule has 5 heteroatoms. The third kappa shape index (κ3) is 3.32. The Morgan fingerprint density at radius 2 is 2.26 bits per heavy atom. The number of aromatic nitrogens is 1. The minimum atomic E-state index is 0.408. The molecule has 1 aliphatic rings. The fourth-order valence-electron chi connectivity index (χ4n) is 2.26. The maximum atomic E-state index is 4.38. The molecule has 1 saturated carbocycles. The molecule has 2 rings (SSSR count). The van der Waals surface area contributed by atoms with Gasteiger partial charge in [0.15, 0.2) is 5.96 Å². The van der Waals surface area contributed by atoms with Crippen LogP contribution >= 0.6 is 15.9 Å². The van der Waals surface area contributed by atoms with Crippen LogP contribution in [0.5, 0.6) is 0 Å². The van der Waals surface area contributed by atoms with E-state index >= 15 is 0 Å². The lowest BCUT2D eigenvalue weighted by Crippen LogP contribution is -2.41. The van der Waals surface area contributed by atoms with E-state index in [2.05, 4.69) is 75.9 Å². The molecule has 0 saturated heterocycles. The number of aliphatic imine (C=N–C) groups is 1. The van der Waals surface area contributed by atoms with Gasteiger partial charge in [-0.1, -0.05) is 13.8 Å². The Hall–Kier alpha value is -0.970. The van der Waals surface area contributed by atoms with Gasteiger partial charge in [-0.25, -0.2) is 0 Å². The maximum absolute atomic E-state index is 4.38. The maximum Gasteiger partial charge on any atom is 0.193 e. The first-order valence-corrected chi connectivity index (χ1v) is 7.38. The van der Waals surface area contributed by atoms with Crippen molar-refractivity contribution < 1.29 is 0 Å². The fourth-order valence-corrected chi connectivity index (χ4v) is 2.83. The van der Waals surface area contributed by atoms with E-state index in [0.29, 0.717) is 11.5 Å². The SMILES string of the molecule is CN=C(NC1CC1(C)C)N(C)Cc1cc(Br)cn1C. The molecule has 0 amide bonds. The predicted octanol–water partition coefficient (Wildman–Crippen LogP) is 2.59. The summed E-state index contributed by atoms with van der Waals surface area (Å²) in [7, 11) is 5.98. The van der Waals surface area contributed by atoms with Gasteiger partial charge in [-0.05, 0) is 33.8 Å². The van der Waals surface area contributed by atoms with Crippen LogP contribution in [0.1, 0.15) is 26.0 Å². The first-order valence-electron chi connectivity index (χ1n) is 6.58. The molecule has 1 unspecified atom stereocenters. The van der Waals surface area contributed by atoms with E-state index in [0.717, 1.165) is 17.0 Å². The molecular formula is C14H23BrN4. The van der Waals surface area contributed by atoms with Gasteiger partial charge < -0.3 is 14.8 Å². The van der Waals surface area contributed by atoms with Crippen LogP contribution in [0.3, 0.4) is 0 Å². The molecule has 1 heterocycles. The predicted molar refractivity (Wildman–Crippen MR) is 83.3 cm³/mol. The zero-order chi connectivity index (χ0) is 14.2. The van der Waals surface area contributed by atoms with Crippen LogP contribution in [0, 0.1) is 5.41 Å². The molecule has 0 aliphatic heterocycles. The van der Waals surface area contributed by atoms with E-state index in [1.54, 1.807) is 0 Å².